The van der Waals surface area contributed by atoms with Gasteiger partial charge in [-0.1, -0.05) is 47.3 Å². The maximum Gasteiger partial charge on any atom is 0.230 e. The first-order valence-electron chi connectivity index (χ1n) is 8.43. The van der Waals surface area contributed by atoms with E-state index in [-0.39, 0.29) is 29.8 Å². The van der Waals surface area contributed by atoms with Crippen molar-refractivity contribution in [2.24, 2.45) is 11.7 Å². The average Bonchev–Trinajstić information content (AvgIpc) is 3.17. The molecule has 1 aromatic carbocycles. The summed E-state index contributed by atoms with van der Waals surface area (Å²) in [4.78, 5) is 13.1. The standard InChI is InChI=1S/C18H25BrN2O.ClH/c19-15-8-6-14(7-9-15)18(10-1-2-11-18)17(22)21-16-5-3-4-13(16)12-20;/h6-9,13,16H,1-5,10-12,20H2,(H,21,22);1H. The number of carbonyl (C=O) groups excluding carboxylic acids is 1. The Labute approximate surface area is 153 Å². The summed E-state index contributed by atoms with van der Waals surface area (Å²) in [6.07, 6.45) is 7.58. The van der Waals surface area contributed by atoms with E-state index >= 15 is 0 Å². The fourth-order valence-corrected chi connectivity index (χ4v) is 4.47. The van der Waals surface area contributed by atoms with Crippen molar-refractivity contribution < 1.29 is 4.79 Å². The van der Waals surface area contributed by atoms with Crippen molar-refractivity contribution in [3.05, 3.63) is 34.3 Å². The third kappa shape index (κ3) is 3.75. The van der Waals surface area contributed by atoms with Gasteiger partial charge in [-0.3, -0.25) is 4.79 Å². The van der Waals surface area contributed by atoms with Gasteiger partial charge in [0, 0.05) is 10.5 Å². The first kappa shape index (κ1) is 18.8. The molecular weight excluding hydrogens is 376 g/mol. The van der Waals surface area contributed by atoms with E-state index in [2.05, 4.69) is 33.4 Å². The summed E-state index contributed by atoms with van der Waals surface area (Å²) >= 11 is 3.48. The van der Waals surface area contributed by atoms with Crippen LogP contribution in [0.2, 0.25) is 0 Å². The zero-order chi connectivity index (χ0) is 15.6. The van der Waals surface area contributed by atoms with Crippen molar-refractivity contribution >= 4 is 34.2 Å². The number of carbonyl (C=O) groups is 1. The van der Waals surface area contributed by atoms with Gasteiger partial charge in [-0.05, 0) is 55.8 Å². The minimum Gasteiger partial charge on any atom is -0.352 e. The van der Waals surface area contributed by atoms with E-state index in [1.165, 1.54) is 6.42 Å². The molecule has 2 saturated carbocycles. The molecule has 2 atom stereocenters. The lowest BCUT2D eigenvalue weighted by molar-refractivity contribution is -0.127. The van der Waals surface area contributed by atoms with Crippen LogP contribution in [0.5, 0.6) is 0 Å². The molecular formula is C18H26BrClN2O. The van der Waals surface area contributed by atoms with Crippen LogP contribution in [-0.2, 0) is 10.2 Å². The Morgan fingerprint density at radius 3 is 2.43 bits per heavy atom. The van der Waals surface area contributed by atoms with Crippen LogP contribution in [0, 0.1) is 5.92 Å². The largest absolute Gasteiger partial charge is 0.352 e. The van der Waals surface area contributed by atoms with E-state index in [1.807, 2.05) is 12.1 Å². The number of amides is 1. The molecule has 0 bridgehead atoms. The van der Waals surface area contributed by atoms with Gasteiger partial charge in [0.15, 0.2) is 0 Å². The van der Waals surface area contributed by atoms with Crippen molar-refractivity contribution in [3.8, 4) is 0 Å². The highest BCUT2D eigenvalue weighted by Gasteiger charge is 2.44. The summed E-state index contributed by atoms with van der Waals surface area (Å²) in [5.41, 5.74) is 6.69. The minimum absolute atomic E-state index is 0. The quantitative estimate of drug-likeness (QED) is 0.803. The second-order valence-electron chi connectivity index (χ2n) is 6.80. The second-order valence-corrected chi connectivity index (χ2v) is 7.72. The SMILES string of the molecule is Cl.NCC1CCCC1NC(=O)C1(c2ccc(Br)cc2)CCCC1. The molecule has 0 saturated heterocycles. The predicted octanol–water partition coefficient (Wildman–Crippen LogP) is 3.93. The zero-order valence-corrected chi connectivity index (χ0v) is 15.8. The lowest BCUT2D eigenvalue weighted by Crippen LogP contribution is -2.49. The summed E-state index contributed by atoms with van der Waals surface area (Å²) in [6, 6.07) is 8.56. The maximum absolute atomic E-state index is 13.1. The van der Waals surface area contributed by atoms with Gasteiger partial charge in [0.2, 0.25) is 5.91 Å². The summed E-state index contributed by atoms with van der Waals surface area (Å²) in [6.45, 7) is 0.677. The zero-order valence-electron chi connectivity index (χ0n) is 13.4. The Hall–Kier alpha value is -0.580. The van der Waals surface area contributed by atoms with Crippen LogP contribution in [0.15, 0.2) is 28.7 Å². The Bertz CT molecular complexity index is 528. The first-order chi connectivity index (χ1) is 10.7. The minimum atomic E-state index is -0.331. The number of halogens is 2. The topological polar surface area (TPSA) is 55.1 Å². The Balaban J connectivity index is 0.00000192. The number of hydrogen-bond donors (Lipinski definition) is 2. The van der Waals surface area contributed by atoms with Crippen LogP contribution in [0.25, 0.3) is 0 Å². The number of nitrogens with one attached hydrogen (secondary N) is 1. The molecule has 128 valence electrons. The van der Waals surface area contributed by atoms with Crippen LogP contribution in [0.4, 0.5) is 0 Å². The number of nitrogens with two attached hydrogens (primary N) is 1. The highest BCUT2D eigenvalue weighted by Crippen LogP contribution is 2.42. The fourth-order valence-electron chi connectivity index (χ4n) is 4.21. The molecule has 1 amide bonds. The van der Waals surface area contributed by atoms with Crippen molar-refractivity contribution in [2.75, 3.05) is 6.54 Å². The summed E-state index contributed by atoms with van der Waals surface area (Å²) in [5, 5.41) is 3.35. The normalized spacial score (nSPS) is 25.8. The number of hydrogen-bond acceptors (Lipinski definition) is 2. The molecule has 23 heavy (non-hydrogen) atoms. The molecule has 3 N–H and O–H groups in total. The molecule has 2 fully saturated rings. The third-order valence-electron chi connectivity index (χ3n) is 5.57. The Kier molecular flexibility index (Phi) is 6.52. The summed E-state index contributed by atoms with van der Waals surface area (Å²) in [5.74, 6) is 0.671. The van der Waals surface area contributed by atoms with Crippen molar-refractivity contribution in [3.63, 3.8) is 0 Å². The fraction of sp³-hybridized carbons (Fsp3) is 0.611. The maximum atomic E-state index is 13.1. The van der Waals surface area contributed by atoms with Gasteiger partial charge in [0.1, 0.15) is 0 Å². The first-order valence-corrected chi connectivity index (χ1v) is 9.22. The average molecular weight is 402 g/mol. The van der Waals surface area contributed by atoms with E-state index < -0.39 is 0 Å². The van der Waals surface area contributed by atoms with E-state index in [1.54, 1.807) is 0 Å². The van der Waals surface area contributed by atoms with Crippen molar-refractivity contribution in [1.29, 1.82) is 0 Å². The number of benzene rings is 1. The van der Waals surface area contributed by atoms with E-state index in [0.717, 1.165) is 48.6 Å². The Morgan fingerprint density at radius 2 is 1.83 bits per heavy atom. The van der Waals surface area contributed by atoms with Gasteiger partial charge >= 0.3 is 0 Å². The molecule has 2 unspecified atom stereocenters. The summed E-state index contributed by atoms with van der Waals surface area (Å²) < 4.78 is 1.06. The van der Waals surface area contributed by atoms with Gasteiger partial charge < -0.3 is 11.1 Å². The molecule has 5 heteroatoms. The molecule has 1 aromatic rings. The molecule has 0 aromatic heterocycles. The highest BCUT2D eigenvalue weighted by molar-refractivity contribution is 9.10. The predicted molar refractivity (Wildman–Crippen MR) is 99.9 cm³/mol. The smallest absolute Gasteiger partial charge is 0.230 e. The second kappa shape index (κ2) is 8.00. The van der Waals surface area contributed by atoms with Gasteiger partial charge in [0.25, 0.3) is 0 Å². The van der Waals surface area contributed by atoms with Crippen LogP contribution in [-0.4, -0.2) is 18.5 Å². The lowest BCUT2D eigenvalue weighted by Gasteiger charge is -2.31. The molecule has 0 heterocycles. The van der Waals surface area contributed by atoms with Crippen molar-refractivity contribution in [2.45, 2.75) is 56.4 Å². The third-order valence-corrected chi connectivity index (χ3v) is 6.10. The molecule has 0 aliphatic heterocycles. The molecule has 2 aliphatic carbocycles. The molecule has 2 aliphatic rings. The molecule has 0 radical (unpaired) electrons. The lowest BCUT2D eigenvalue weighted by atomic mass is 9.77. The monoisotopic (exact) mass is 400 g/mol. The van der Waals surface area contributed by atoms with Crippen LogP contribution < -0.4 is 11.1 Å². The van der Waals surface area contributed by atoms with Gasteiger partial charge in [-0.25, -0.2) is 0 Å². The summed E-state index contributed by atoms with van der Waals surface area (Å²) in [7, 11) is 0. The highest BCUT2D eigenvalue weighted by atomic mass is 79.9. The van der Waals surface area contributed by atoms with Crippen LogP contribution in [0.3, 0.4) is 0 Å². The van der Waals surface area contributed by atoms with Crippen LogP contribution in [0.1, 0.15) is 50.5 Å². The Morgan fingerprint density at radius 1 is 1.17 bits per heavy atom. The van der Waals surface area contributed by atoms with E-state index in [9.17, 15) is 4.79 Å². The van der Waals surface area contributed by atoms with Gasteiger partial charge in [0.05, 0.1) is 5.41 Å². The molecule has 3 nitrogen and oxygen atoms in total. The van der Waals surface area contributed by atoms with Gasteiger partial charge in [-0.2, -0.15) is 0 Å². The van der Waals surface area contributed by atoms with E-state index in [4.69, 9.17) is 5.73 Å². The van der Waals surface area contributed by atoms with Crippen LogP contribution >= 0.6 is 28.3 Å². The molecule has 3 rings (SSSR count). The van der Waals surface area contributed by atoms with E-state index in [0.29, 0.717) is 12.5 Å². The van der Waals surface area contributed by atoms with Crippen molar-refractivity contribution in [1.82, 2.24) is 5.32 Å². The van der Waals surface area contributed by atoms with Gasteiger partial charge in [-0.15, -0.1) is 12.4 Å². The molecule has 0 spiro atoms. The number of rotatable bonds is 4.